The first-order valence-electron chi connectivity index (χ1n) is 5.02. The molecule has 0 aromatic heterocycles. The molecule has 3 nitrogen and oxygen atoms in total. The van der Waals surface area contributed by atoms with Crippen molar-refractivity contribution in [1.82, 2.24) is 0 Å². The van der Waals surface area contributed by atoms with Gasteiger partial charge in [0.15, 0.2) is 5.75 Å². The van der Waals surface area contributed by atoms with E-state index in [1.807, 2.05) is 11.6 Å². The largest absolute Gasteiger partial charge is 0.404 e. The van der Waals surface area contributed by atoms with Crippen molar-refractivity contribution in [3.05, 3.63) is 35.9 Å². The minimum absolute atomic E-state index is 0.104. The van der Waals surface area contributed by atoms with E-state index in [1.165, 1.54) is 12.1 Å². The van der Waals surface area contributed by atoms with Crippen molar-refractivity contribution in [3.63, 3.8) is 0 Å². The molecule has 0 saturated heterocycles. The predicted octanol–water partition coefficient (Wildman–Crippen LogP) is 3.02. The first-order chi connectivity index (χ1) is 8.22. The van der Waals surface area contributed by atoms with Crippen molar-refractivity contribution in [3.8, 4) is 0 Å². The number of alkyl halides is 3. The quantitative estimate of drug-likeness (QED) is 0.920. The first-order valence-corrected chi connectivity index (χ1v) is 6.67. The van der Waals surface area contributed by atoms with Gasteiger partial charge in [0.1, 0.15) is 0 Å². The van der Waals surface area contributed by atoms with Gasteiger partial charge in [0.2, 0.25) is 10.0 Å². The molecule has 0 amide bonds. The number of halogens is 3. The van der Waals surface area contributed by atoms with E-state index in [9.17, 15) is 21.6 Å². The molecule has 0 aliphatic rings. The number of benzene rings is 1. The summed E-state index contributed by atoms with van der Waals surface area (Å²) in [6.07, 6.45) is -1.17. The van der Waals surface area contributed by atoms with Crippen LogP contribution in [0.1, 0.15) is 12.5 Å². The molecule has 0 heterocycles. The molecular formula is C11H12F3NO2S. The Labute approximate surface area is 103 Å². The highest BCUT2D eigenvalue weighted by atomic mass is 32.2. The highest BCUT2D eigenvalue weighted by molar-refractivity contribution is 7.92. The highest BCUT2D eigenvalue weighted by Gasteiger charge is 2.35. The average Bonchev–Trinajstić information content (AvgIpc) is 2.17. The highest BCUT2D eigenvalue weighted by Crippen LogP contribution is 2.19. The molecule has 7 heteroatoms. The maximum atomic E-state index is 12.0. The van der Waals surface area contributed by atoms with Crippen LogP contribution in [0.2, 0.25) is 0 Å². The van der Waals surface area contributed by atoms with E-state index in [-0.39, 0.29) is 5.69 Å². The summed E-state index contributed by atoms with van der Waals surface area (Å²) in [6.45, 7) is 1.82. The topological polar surface area (TPSA) is 46.2 Å². The molecule has 1 aromatic carbocycles. The molecule has 0 bridgehead atoms. The zero-order chi connectivity index (χ0) is 13.8. The second kappa shape index (κ2) is 5.43. The third-order valence-electron chi connectivity index (χ3n) is 1.90. The molecular weight excluding hydrogens is 267 g/mol. The van der Waals surface area contributed by atoms with E-state index < -0.39 is 22.0 Å². The third-order valence-corrected chi connectivity index (χ3v) is 3.15. The molecule has 0 aliphatic heterocycles. The molecule has 0 atom stereocenters. The zero-order valence-corrected chi connectivity index (χ0v) is 10.3. The summed E-state index contributed by atoms with van der Waals surface area (Å²) >= 11 is 0. The maximum Gasteiger partial charge on any atom is 0.404 e. The molecule has 1 N–H and O–H groups in total. The van der Waals surface area contributed by atoms with Crippen LogP contribution in [0.4, 0.5) is 18.9 Å². The molecule has 0 spiro atoms. The van der Waals surface area contributed by atoms with Crippen molar-refractivity contribution < 1.29 is 21.6 Å². The Kier molecular flexibility index (Phi) is 4.39. The third kappa shape index (κ3) is 5.22. The van der Waals surface area contributed by atoms with Crippen LogP contribution in [0, 0.1) is 0 Å². The predicted molar refractivity (Wildman–Crippen MR) is 64.6 cm³/mol. The van der Waals surface area contributed by atoms with Gasteiger partial charge in [0, 0.05) is 5.69 Å². The molecule has 0 radical (unpaired) electrons. The maximum absolute atomic E-state index is 12.0. The Morgan fingerprint density at radius 1 is 1.22 bits per heavy atom. The van der Waals surface area contributed by atoms with Crippen molar-refractivity contribution in [1.29, 1.82) is 0 Å². The molecule has 18 heavy (non-hydrogen) atoms. The molecule has 0 saturated carbocycles. The summed E-state index contributed by atoms with van der Waals surface area (Å²) < 4.78 is 60.2. The lowest BCUT2D eigenvalue weighted by molar-refractivity contribution is -0.106. The summed E-state index contributed by atoms with van der Waals surface area (Å²) in [6, 6.07) is 6.02. The van der Waals surface area contributed by atoms with Crippen LogP contribution in [-0.2, 0) is 10.0 Å². The van der Waals surface area contributed by atoms with Crippen LogP contribution >= 0.6 is 0 Å². The van der Waals surface area contributed by atoms with Crippen molar-refractivity contribution in [2.75, 3.05) is 10.5 Å². The summed E-state index contributed by atoms with van der Waals surface area (Å²) in [7, 11) is -4.41. The zero-order valence-electron chi connectivity index (χ0n) is 9.53. The van der Waals surface area contributed by atoms with Gasteiger partial charge in [0.05, 0.1) is 0 Å². The average molecular weight is 279 g/mol. The smallest absolute Gasteiger partial charge is 0.283 e. The van der Waals surface area contributed by atoms with Gasteiger partial charge in [-0.15, -0.1) is 0 Å². The lowest BCUT2D eigenvalue weighted by atomic mass is 10.2. The van der Waals surface area contributed by atoms with Gasteiger partial charge in [-0.05, 0) is 24.6 Å². The van der Waals surface area contributed by atoms with Crippen LogP contribution < -0.4 is 4.72 Å². The fraction of sp³-hybridized carbons (Fsp3) is 0.273. The second-order valence-corrected chi connectivity index (χ2v) is 5.32. The number of rotatable bonds is 4. The van der Waals surface area contributed by atoms with Crippen LogP contribution in [0.25, 0.3) is 6.08 Å². The van der Waals surface area contributed by atoms with Gasteiger partial charge in [0.25, 0.3) is 0 Å². The first kappa shape index (κ1) is 14.6. The fourth-order valence-electron chi connectivity index (χ4n) is 1.29. The minimum Gasteiger partial charge on any atom is -0.283 e. The number of nitrogens with one attached hydrogen (secondary N) is 1. The number of hydrogen-bond donors (Lipinski definition) is 1. The second-order valence-electron chi connectivity index (χ2n) is 3.60. The Morgan fingerprint density at radius 2 is 1.78 bits per heavy atom. The van der Waals surface area contributed by atoms with Crippen molar-refractivity contribution >= 4 is 21.8 Å². The van der Waals surface area contributed by atoms with E-state index in [0.717, 1.165) is 5.56 Å². The molecule has 0 aliphatic carbocycles. The van der Waals surface area contributed by atoms with Gasteiger partial charge < -0.3 is 0 Å². The molecule has 1 aromatic rings. The standard InChI is InChI=1S/C11H12F3NO2S/c1-2-3-9-4-6-10(7-5-9)15-18(16,17)8-11(12,13)14/h2-7,15H,8H2,1H3. The number of allylic oxidation sites excluding steroid dienone is 1. The van der Waals surface area contributed by atoms with Crippen molar-refractivity contribution in [2.24, 2.45) is 0 Å². The Hall–Kier alpha value is -1.50. The van der Waals surface area contributed by atoms with Gasteiger partial charge in [-0.1, -0.05) is 24.3 Å². The molecule has 1 rings (SSSR count). The summed E-state index contributed by atoms with van der Waals surface area (Å²) in [4.78, 5) is 0. The minimum atomic E-state index is -4.75. The Morgan fingerprint density at radius 3 is 2.22 bits per heavy atom. The lowest BCUT2D eigenvalue weighted by Crippen LogP contribution is -2.27. The molecule has 100 valence electrons. The number of hydrogen-bond acceptors (Lipinski definition) is 2. The fourth-order valence-corrected chi connectivity index (χ4v) is 2.28. The van der Waals surface area contributed by atoms with E-state index in [2.05, 4.69) is 0 Å². The molecule has 0 unspecified atom stereocenters. The SMILES string of the molecule is CC=Cc1ccc(NS(=O)(=O)CC(F)(F)F)cc1. The number of sulfonamides is 1. The van der Waals surface area contributed by atoms with E-state index in [1.54, 1.807) is 24.3 Å². The van der Waals surface area contributed by atoms with Crippen LogP contribution in [0.15, 0.2) is 30.3 Å². The lowest BCUT2D eigenvalue weighted by Gasteiger charge is -2.10. The van der Waals surface area contributed by atoms with E-state index >= 15 is 0 Å². The summed E-state index contributed by atoms with van der Waals surface area (Å²) in [5.74, 6) is -1.89. The van der Waals surface area contributed by atoms with Gasteiger partial charge in [-0.3, -0.25) is 4.72 Å². The Bertz CT molecular complexity index is 518. The van der Waals surface area contributed by atoms with Crippen LogP contribution in [0.5, 0.6) is 0 Å². The van der Waals surface area contributed by atoms with Crippen molar-refractivity contribution in [2.45, 2.75) is 13.1 Å². The Balaban J connectivity index is 2.79. The van der Waals surface area contributed by atoms with Gasteiger partial charge in [-0.2, -0.15) is 13.2 Å². The molecule has 0 fully saturated rings. The van der Waals surface area contributed by atoms with Gasteiger partial charge >= 0.3 is 6.18 Å². The van der Waals surface area contributed by atoms with Crippen LogP contribution in [0.3, 0.4) is 0 Å². The monoisotopic (exact) mass is 279 g/mol. The van der Waals surface area contributed by atoms with E-state index in [0.29, 0.717) is 0 Å². The normalized spacial score (nSPS) is 12.9. The number of anilines is 1. The van der Waals surface area contributed by atoms with Gasteiger partial charge in [-0.25, -0.2) is 8.42 Å². The summed E-state index contributed by atoms with van der Waals surface area (Å²) in [5, 5.41) is 0. The summed E-state index contributed by atoms with van der Waals surface area (Å²) in [5.41, 5.74) is 0.934. The van der Waals surface area contributed by atoms with Crippen LogP contribution in [-0.4, -0.2) is 20.3 Å². The van der Waals surface area contributed by atoms with E-state index in [4.69, 9.17) is 0 Å².